The Hall–Kier alpha value is -0.530. The second kappa shape index (κ2) is 29.0. The van der Waals surface area contributed by atoms with Gasteiger partial charge in [0.2, 0.25) is 0 Å². The van der Waals surface area contributed by atoms with Gasteiger partial charge >= 0.3 is 5.97 Å². The molecule has 0 spiro atoms. The van der Waals surface area contributed by atoms with Crippen molar-refractivity contribution in [1.29, 1.82) is 0 Å². The SMILES string of the molecule is CCCCCCCCCCCCCCCCC(C(=O)O)C(C)CCCCCCCCCCCCCC. The summed E-state index contributed by atoms with van der Waals surface area (Å²) in [5.41, 5.74) is 0. The van der Waals surface area contributed by atoms with Crippen LogP contribution in [-0.4, -0.2) is 11.1 Å². The second-order valence-electron chi connectivity index (χ2n) is 12.0. The molecule has 0 aromatic rings. The zero-order valence-corrected chi connectivity index (χ0v) is 25.3. The molecule has 0 saturated carbocycles. The summed E-state index contributed by atoms with van der Waals surface area (Å²) in [5.74, 6) is -0.362. The molecule has 216 valence electrons. The normalized spacial score (nSPS) is 13.2. The van der Waals surface area contributed by atoms with Crippen molar-refractivity contribution in [2.24, 2.45) is 11.8 Å². The summed E-state index contributed by atoms with van der Waals surface area (Å²) in [6.07, 6.45) is 37.4. The van der Waals surface area contributed by atoms with Gasteiger partial charge in [-0.1, -0.05) is 188 Å². The summed E-state index contributed by atoms with van der Waals surface area (Å²) in [5, 5.41) is 9.74. The summed E-state index contributed by atoms with van der Waals surface area (Å²) in [7, 11) is 0. The minimum absolute atomic E-state index is 0.130. The van der Waals surface area contributed by atoms with Crippen LogP contribution in [0.5, 0.6) is 0 Å². The van der Waals surface area contributed by atoms with Crippen molar-refractivity contribution in [2.75, 3.05) is 0 Å². The Morgan fingerprint density at radius 3 is 0.972 bits per heavy atom. The van der Waals surface area contributed by atoms with Crippen LogP contribution in [0.3, 0.4) is 0 Å². The average molecular weight is 509 g/mol. The van der Waals surface area contributed by atoms with Gasteiger partial charge in [-0.05, 0) is 18.8 Å². The van der Waals surface area contributed by atoms with Crippen LogP contribution in [0.15, 0.2) is 0 Å². The molecule has 36 heavy (non-hydrogen) atoms. The molecular formula is C34H68O2. The molecule has 0 aromatic carbocycles. The standard InChI is InChI=1S/C34H68O2/c1-4-6-8-10-12-14-16-18-19-21-23-25-27-29-31-33(34(35)36)32(3)30-28-26-24-22-20-17-15-13-11-9-7-5-2/h32-33H,4-31H2,1-3H3,(H,35,36). The highest BCUT2D eigenvalue weighted by Crippen LogP contribution is 2.25. The summed E-state index contributed by atoms with van der Waals surface area (Å²) >= 11 is 0. The van der Waals surface area contributed by atoms with Gasteiger partial charge in [0, 0.05) is 0 Å². The molecule has 0 aromatic heterocycles. The third-order valence-corrected chi connectivity index (χ3v) is 8.39. The van der Waals surface area contributed by atoms with E-state index in [9.17, 15) is 9.90 Å². The molecule has 0 saturated heterocycles. The van der Waals surface area contributed by atoms with E-state index >= 15 is 0 Å². The predicted octanol–water partition coefficient (Wildman–Crippen LogP) is 12.3. The lowest BCUT2D eigenvalue weighted by Crippen LogP contribution is -2.21. The Morgan fingerprint density at radius 2 is 0.694 bits per heavy atom. The van der Waals surface area contributed by atoms with Crippen LogP contribution in [0.1, 0.15) is 201 Å². The highest BCUT2D eigenvalue weighted by Gasteiger charge is 2.23. The van der Waals surface area contributed by atoms with Crippen molar-refractivity contribution in [1.82, 2.24) is 0 Å². The van der Waals surface area contributed by atoms with Crippen LogP contribution in [0.2, 0.25) is 0 Å². The smallest absolute Gasteiger partial charge is 0.306 e. The van der Waals surface area contributed by atoms with Crippen LogP contribution in [0.25, 0.3) is 0 Å². The van der Waals surface area contributed by atoms with E-state index in [1.54, 1.807) is 0 Å². The Kier molecular flexibility index (Phi) is 28.6. The lowest BCUT2D eigenvalue weighted by atomic mass is 9.85. The molecular weight excluding hydrogens is 440 g/mol. The molecule has 0 fully saturated rings. The lowest BCUT2D eigenvalue weighted by molar-refractivity contribution is -0.143. The van der Waals surface area contributed by atoms with Crippen molar-refractivity contribution < 1.29 is 9.90 Å². The number of aliphatic carboxylic acids is 1. The largest absolute Gasteiger partial charge is 0.481 e. The van der Waals surface area contributed by atoms with E-state index in [1.807, 2.05) is 0 Å². The van der Waals surface area contributed by atoms with Crippen molar-refractivity contribution in [3.8, 4) is 0 Å². The fourth-order valence-corrected chi connectivity index (χ4v) is 5.72. The molecule has 1 N–H and O–H groups in total. The number of hydrogen-bond acceptors (Lipinski definition) is 1. The number of carboxylic acid groups (broad SMARTS) is 1. The Labute approximate surface area is 228 Å². The van der Waals surface area contributed by atoms with Gasteiger partial charge in [0.15, 0.2) is 0 Å². The molecule has 0 bridgehead atoms. The second-order valence-corrected chi connectivity index (χ2v) is 12.0. The molecule has 2 heteroatoms. The van der Waals surface area contributed by atoms with Gasteiger partial charge in [0.1, 0.15) is 0 Å². The van der Waals surface area contributed by atoms with E-state index in [0.717, 1.165) is 19.3 Å². The zero-order chi connectivity index (χ0) is 26.5. The fraction of sp³-hybridized carbons (Fsp3) is 0.971. The van der Waals surface area contributed by atoms with E-state index in [2.05, 4.69) is 20.8 Å². The van der Waals surface area contributed by atoms with E-state index in [1.165, 1.54) is 161 Å². The monoisotopic (exact) mass is 509 g/mol. The number of carboxylic acids is 1. The molecule has 0 amide bonds. The molecule has 2 nitrogen and oxygen atoms in total. The quantitative estimate of drug-likeness (QED) is 0.0979. The van der Waals surface area contributed by atoms with Gasteiger partial charge in [-0.15, -0.1) is 0 Å². The topological polar surface area (TPSA) is 37.3 Å². The third-order valence-electron chi connectivity index (χ3n) is 8.39. The van der Waals surface area contributed by atoms with E-state index in [4.69, 9.17) is 0 Å². The van der Waals surface area contributed by atoms with Crippen molar-refractivity contribution in [2.45, 2.75) is 201 Å². The molecule has 0 aliphatic rings. The van der Waals surface area contributed by atoms with E-state index < -0.39 is 5.97 Å². The maximum Gasteiger partial charge on any atom is 0.306 e. The van der Waals surface area contributed by atoms with Gasteiger partial charge in [0.05, 0.1) is 5.92 Å². The highest BCUT2D eigenvalue weighted by molar-refractivity contribution is 5.70. The molecule has 2 atom stereocenters. The summed E-state index contributed by atoms with van der Waals surface area (Å²) < 4.78 is 0. The van der Waals surface area contributed by atoms with Gasteiger partial charge in [-0.2, -0.15) is 0 Å². The molecule has 0 aliphatic carbocycles. The minimum Gasteiger partial charge on any atom is -0.481 e. The molecule has 0 radical (unpaired) electrons. The number of hydrogen-bond donors (Lipinski definition) is 1. The van der Waals surface area contributed by atoms with Gasteiger partial charge < -0.3 is 5.11 Å². The first-order valence-electron chi connectivity index (χ1n) is 16.9. The first kappa shape index (κ1) is 35.5. The number of carbonyl (C=O) groups is 1. The lowest BCUT2D eigenvalue weighted by Gasteiger charge is -2.20. The number of unbranched alkanes of at least 4 members (excludes halogenated alkanes) is 24. The summed E-state index contributed by atoms with van der Waals surface area (Å²) in [6, 6.07) is 0. The molecule has 2 unspecified atom stereocenters. The maximum absolute atomic E-state index is 11.8. The first-order chi connectivity index (χ1) is 17.6. The van der Waals surface area contributed by atoms with Gasteiger partial charge in [-0.3, -0.25) is 4.79 Å². The Balaban J connectivity index is 3.55. The van der Waals surface area contributed by atoms with Crippen molar-refractivity contribution >= 4 is 5.97 Å². The Bertz CT molecular complexity index is 433. The van der Waals surface area contributed by atoms with Crippen molar-refractivity contribution in [3.63, 3.8) is 0 Å². The van der Waals surface area contributed by atoms with Crippen molar-refractivity contribution in [3.05, 3.63) is 0 Å². The maximum atomic E-state index is 11.8. The molecule has 0 aliphatic heterocycles. The summed E-state index contributed by atoms with van der Waals surface area (Å²) in [6.45, 7) is 6.75. The van der Waals surface area contributed by atoms with Crippen LogP contribution >= 0.6 is 0 Å². The zero-order valence-electron chi connectivity index (χ0n) is 25.3. The molecule has 0 heterocycles. The van der Waals surface area contributed by atoms with E-state index in [-0.39, 0.29) is 5.92 Å². The van der Waals surface area contributed by atoms with Gasteiger partial charge in [0.25, 0.3) is 0 Å². The average Bonchev–Trinajstić information content (AvgIpc) is 2.86. The Morgan fingerprint density at radius 1 is 0.444 bits per heavy atom. The minimum atomic E-state index is -0.559. The number of rotatable bonds is 30. The van der Waals surface area contributed by atoms with Crippen LogP contribution in [0.4, 0.5) is 0 Å². The molecule has 0 rings (SSSR count). The van der Waals surface area contributed by atoms with Crippen LogP contribution in [0, 0.1) is 11.8 Å². The van der Waals surface area contributed by atoms with Gasteiger partial charge in [-0.25, -0.2) is 0 Å². The van der Waals surface area contributed by atoms with E-state index in [0.29, 0.717) is 5.92 Å². The first-order valence-corrected chi connectivity index (χ1v) is 16.9. The predicted molar refractivity (Wildman–Crippen MR) is 161 cm³/mol. The van der Waals surface area contributed by atoms with Crippen LogP contribution < -0.4 is 0 Å². The fourth-order valence-electron chi connectivity index (χ4n) is 5.72. The van der Waals surface area contributed by atoms with Crippen LogP contribution in [-0.2, 0) is 4.79 Å². The third kappa shape index (κ3) is 25.1. The highest BCUT2D eigenvalue weighted by atomic mass is 16.4. The summed E-state index contributed by atoms with van der Waals surface area (Å²) in [4.78, 5) is 11.8.